The molecular weight excluding hydrogens is 584 g/mol. The van der Waals surface area contributed by atoms with Crippen LogP contribution in [0.25, 0.3) is 0 Å². The van der Waals surface area contributed by atoms with Crippen molar-refractivity contribution in [2.24, 2.45) is 5.41 Å². The topological polar surface area (TPSA) is 165 Å². The van der Waals surface area contributed by atoms with Gasteiger partial charge in [0.2, 0.25) is 12.1 Å². The maximum absolute atomic E-state index is 13.7. The van der Waals surface area contributed by atoms with Crippen molar-refractivity contribution in [3.63, 3.8) is 0 Å². The molecule has 0 spiro atoms. The first-order chi connectivity index (χ1) is 20.2. The van der Waals surface area contributed by atoms with Gasteiger partial charge in [0.05, 0.1) is 6.04 Å². The monoisotopic (exact) mass is 616 g/mol. The predicted molar refractivity (Wildman–Crippen MR) is 151 cm³/mol. The lowest BCUT2D eigenvalue weighted by atomic mass is 9.73. The minimum absolute atomic E-state index is 0.0203. The average Bonchev–Trinajstić information content (AvgIpc) is 3.30. The minimum atomic E-state index is -1.53. The average molecular weight is 617 g/mol. The largest absolute Gasteiger partial charge is 0.462 e. The second kappa shape index (κ2) is 12.5. The number of hydrogen-bond acceptors (Lipinski definition) is 12. The molecule has 13 nitrogen and oxygen atoms in total. The molecule has 0 fully saturated rings. The summed E-state index contributed by atoms with van der Waals surface area (Å²) in [6.45, 7) is 8.00. The van der Waals surface area contributed by atoms with Crippen molar-refractivity contribution >= 4 is 47.2 Å². The number of allylic oxidation sites excluding steroid dienone is 2. The molecular formula is C29H33ClN4O9. The maximum Gasteiger partial charge on any atom is 0.303 e. The molecule has 0 radical (unpaired) electrons. The molecule has 0 bridgehead atoms. The molecule has 1 aliphatic heterocycles. The van der Waals surface area contributed by atoms with E-state index in [9.17, 15) is 24.0 Å². The summed E-state index contributed by atoms with van der Waals surface area (Å²) in [6.07, 6.45) is -3.61. The highest BCUT2D eigenvalue weighted by molar-refractivity contribution is 6.30. The molecule has 1 aromatic heterocycles. The number of nitrogens with one attached hydrogen (secondary N) is 1. The maximum atomic E-state index is 13.7. The number of ketones is 1. The van der Waals surface area contributed by atoms with Gasteiger partial charge in [-0.2, -0.15) is 0 Å². The Morgan fingerprint density at radius 1 is 0.953 bits per heavy atom. The van der Waals surface area contributed by atoms with Gasteiger partial charge < -0.3 is 24.3 Å². The van der Waals surface area contributed by atoms with Gasteiger partial charge in [-0.25, -0.2) is 0 Å². The normalized spacial score (nSPS) is 19.1. The fourth-order valence-electron chi connectivity index (χ4n) is 5.40. The lowest BCUT2D eigenvalue weighted by Gasteiger charge is -2.40. The summed E-state index contributed by atoms with van der Waals surface area (Å²) in [5.74, 6) is -2.93. The van der Waals surface area contributed by atoms with Crippen molar-refractivity contribution in [2.75, 3.05) is 11.9 Å². The highest BCUT2D eigenvalue weighted by Crippen LogP contribution is 2.47. The van der Waals surface area contributed by atoms with Crippen LogP contribution in [0, 0.1) is 5.41 Å². The number of halogens is 1. The summed E-state index contributed by atoms with van der Waals surface area (Å²) in [4.78, 5) is 62.2. The van der Waals surface area contributed by atoms with Crippen molar-refractivity contribution in [1.29, 1.82) is 0 Å². The van der Waals surface area contributed by atoms with Gasteiger partial charge in [-0.05, 0) is 29.5 Å². The van der Waals surface area contributed by atoms with E-state index in [-0.39, 0.29) is 29.4 Å². The quantitative estimate of drug-likeness (QED) is 0.322. The van der Waals surface area contributed by atoms with Gasteiger partial charge in [0, 0.05) is 50.4 Å². The SMILES string of the molecule is CC(=O)OC[C@@H](OC(C)=O)[C@H](OC(C)=O)[C@@H](OC(C)=O)c1nnc2n1C(c1ccc(Cl)cc1)C1=C(CC(C)(C)CC1=O)N2. The fraction of sp³-hybridized carbons (Fsp3) is 0.483. The van der Waals surface area contributed by atoms with E-state index in [1.165, 1.54) is 0 Å². The molecule has 2 aromatic rings. The summed E-state index contributed by atoms with van der Waals surface area (Å²) >= 11 is 6.18. The van der Waals surface area contributed by atoms with Gasteiger partial charge in [-0.3, -0.25) is 28.5 Å². The van der Waals surface area contributed by atoms with E-state index in [1.54, 1.807) is 28.8 Å². The number of esters is 4. The van der Waals surface area contributed by atoms with Gasteiger partial charge in [-0.1, -0.05) is 37.6 Å². The number of benzene rings is 1. The zero-order chi connectivity index (χ0) is 31.6. The van der Waals surface area contributed by atoms with Crippen molar-refractivity contribution < 1.29 is 42.9 Å². The number of aromatic nitrogens is 3. The molecule has 4 atom stereocenters. The molecule has 230 valence electrons. The Kier molecular flexibility index (Phi) is 9.24. The molecule has 0 saturated carbocycles. The summed E-state index contributed by atoms with van der Waals surface area (Å²) in [6, 6.07) is 6.10. The van der Waals surface area contributed by atoms with Crippen LogP contribution < -0.4 is 5.32 Å². The second-order valence-corrected chi connectivity index (χ2v) is 11.7. The van der Waals surface area contributed by atoms with Crippen LogP contribution in [-0.4, -0.2) is 63.2 Å². The molecule has 1 aliphatic carbocycles. The molecule has 2 aliphatic rings. The first-order valence-electron chi connectivity index (χ1n) is 13.6. The van der Waals surface area contributed by atoms with Gasteiger partial charge in [0.1, 0.15) is 6.61 Å². The Morgan fingerprint density at radius 3 is 2.16 bits per heavy atom. The van der Waals surface area contributed by atoms with E-state index >= 15 is 0 Å². The third-order valence-electron chi connectivity index (χ3n) is 6.90. The van der Waals surface area contributed by atoms with Crippen molar-refractivity contribution in [3.05, 3.63) is 51.9 Å². The van der Waals surface area contributed by atoms with Crippen molar-refractivity contribution in [2.45, 2.75) is 78.7 Å². The van der Waals surface area contributed by atoms with E-state index in [4.69, 9.17) is 30.5 Å². The first kappa shape index (κ1) is 31.7. The molecule has 43 heavy (non-hydrogen) atoms. The Bertz CT molecular complexity index is 1480. The van der Waals surface area contributed by atoms with Crippen LogP contribution in [0.2, 0.25) is 5.02 Å². The van der Waals surface area contributed by atoms with Gasteiger partial charge in [0.25, 0.3) is 0 Å². The van der Waals surface area contributed by atoms with Crippen molar-refractivity contribution in [3.8, 4) is 0 Å². The van der Waals surface area contributed by atoms with Crippen LogP contribution in [0.1, 0.15) is 77.9 Å². The van der Waals surface area contributed by atoms with Gasteiger partial charge >= 0.3 is 23.9 Å². The number of hydrogen-bond donors (Lipinski definition) is 1. The number of fused-ring (bicyclic) bond motifs is 1. The molecule has 1 unspecified atom stereocenters. The van der Waals surface area contributed by atoms with E-state index in [2.05, 4.69) is 15.5 Å². The standard InChI is InChI=1S/C29H33ClN4O9/c1-14(35)40-13-22(41-15(2)36)25(42-16(3)37)26(43-17(4)38)27-32-33-28-31-20-11-29(5,6)12-21(39)23(20)24(34(27)28)18-7-9-19(30)10-8-18/h7-10,22,24-26H,11-13H2,1-6H3,(H,31,33)/t22-,24?,25+,26-/m1/s1. The highest BCUT2D eigenvalue weighted by Gasteiger charge is 2.47. The van der Waals surface area contributed by atoms with Crippen LogP contribution in [-0.2, 0) is 42.9 Å². The van der Waals surface area contributed by atoms with Crippen LogP contribution in [0.3, 0.4) is 0 Å². The van der Waals surface area contributed by atoms with E-state index in [1.807, 2.05) is 13.8 Å². The van der Waals surface area contributed by atoms with Gasteiger partial charge in [0.15, 0.2) is 23.8 Å². The molecule has 14 heteroatoms. The molecule has 4 rings (SSSR count). The first-order valence-corrected chi connectivity index (χ1v) is 13.9. The molecule has 0 amide bonds. The number of Topliss-reactive ketones (excluding diaryl/α,β-unsaturated/α-hetero) is 1. The zero-order valence-electron chi connectivity index (χ0n) is 24.6. The smallest absolute Gasteiger partial charge is 0.303 e. The number of nitrogens with zero attached hydrogens (tertiary/aromatic N) is 3. The van der Waals surface area contributed by atoms with E-state index in [0.717, 1.165) is 27.7 Å². The third kappa shape index (κ3) is 7.22. The minimum Gasteiger partial charge on any atom is -0.462 e. The summed E-state index contributed by atoms with van der Waals surface area (Å²) in [7, 11) is 0. The van der Waals surface area contributed by atoms with Crippen LogP contribution in [0.5, 0.6) is 0 Å². The Labute approximate surface area is 252 Å². The van der Waals surface area contributed by atoms with Gasteiger partial charge in [-0.15, -0.1) is 10.2 Å². The third-order valence-corrected chi connectivity index (χ3v) is 7.16. The lowest BCUT2D eigenvalue weighted by molar-refractivity contribution is -0.190. The number of rotatable bonds is 9. The summed E-state index contributed by atoms with van der Waals surface area (Å²) in [5, 5.41) is 12.3. The Balaban J connectivity index is 1.93. The lowest BCUT2D eigenvalue weighted by Crippen LogP contribution is -2.45. The number of carbonyl (C=O) groups is 5. The number of carbonyl (C=O) groups excluding carboxylic acids is 5. The second-order valence-electron chi connectivity index (χ2n) is 11.2. The molecule has 0 saturated heterocycles. The molecule has 1 aromatic carbocycles. The highest BCUT2D eigenvalue weighted by atomic mass is 35.5. The zero-order valence-corrected chi connectivity index (χ0v) is 25.4. The fourth-order valence-corrected chi connectivity index (χ4v) is 5.53. The van der Waals surface area contributed by atoms with Crippen LogP contribution in [0.4, 0.5) is 5.95 Å². The molecule has 2 heterocycles. The van der Waals surface area contributed by atoms with E-state index in [0.29, 0.717) is 28.3 Å². The van der Waals surface area contributed by atoms with E-state index < -0.39 is 54.8 Å². The summed E-state index contributed by atoms with van der Waals surface area (Å²) in [5.41, 5.74) is 1.50. The van der Waals surface area contributed by atoms with Crippen LogP contribution >= 0.6 is 11.6 Å². The number of ether oxygens (including phenoxy) is 4. The van der Waals surface area contributed by atoms with Crippen molar-refractivity contribution in [1.82, 2.24) is 14.8 Å². The Morgan fingerprint density at radius 2 is 1.58 bits per heavy atom. The molecule has 1 N–H and O–H groups in total. The predicted octanol–water partition coefficient (Wildman–Crippen LogP) is 3.62. The Hall–Kier alpha value is -4.26. The van der Waals surface area contributed by atoms with Crippen LogP contribution in [0.15, 0.2) is 35.5 Å². The summed E-state index contributed by atoms with van der Waals surface area (Å²) < 4.78 is 23.3. The number of anilines is 1.